The van der Waals surface area contributed by atoms with E-state index in [2.05, 4.69) is 55.2 Å². The summed E-state index contributed by atoms with van der Waals surface area (Å²) in [5, 5.41) is 43.0. The van der Waals surface area contributed by atoms with Crippen molar-refractivity contribution in [1.82, 2.24) is 9.13 Å². The van der Waals surface area contributed by atoms with E-state index in [0.717, 1.165) is 82.8 Å². The Morgan fingerprint density at radius 2 is 0.877 bits per heavy atom. The first kappa shape index (κ1) is 33.9. The van der Waals surface area contributed by atoms with Crippen LogP contribution >= 0.6 is 0 Å². The van der Waals surface area contributed by atoms with Crippen LogP contribution in [0.25, 0.3) is 86.9 Å². The molecule has 0 spiro atoms. The summed E-state index contributed by atoms with van der Waals surface area (Å²) in [5.41, 5.74) is 12.2. The SMILES string of the molecule is [C-]#[N+]c1ccc2c(c1)c1cc(C#N)ccc1n2-c1ccc(-c2ccc(C#N)cc2C)c(-c2cc(C#N)ccc2-n2c3ccc(C#N)cc3c3cc([N+]#[C-])ccc32)c1. The minimum Gasteiger partial charge on any atom is -0.309 e. The third-order valence-corrected chi connectivity index (χ3v) is 10.6. The number of fused-ring (bicyclic) bond motifs is 6. The molecule has 8 nitrogen and oxygen atoms in total. The van der Waals surface area contributed by atoms with Crippen molar-refractivity contribution >= 4 is 55.0 Å². The number of rotatable bonds is 4. The predicted octanol–water partition coefficient (Wildman–Crippen LogP) is 12.1. The third-order valence-electron chi connectivity index (χ3n) is 10.6. The highest BCUT2D eigenvalue weighted by atomic mass is 15.0. The maximum Gasteiger partial charge on any atom is 0.188 e. The lowest BCUT2D eigenvalue weighted by Crippen LogP contribution is -2.01. The van der Waals surface area contributed by atoms with Crippen LogP contribution in [0.2, 0.25) is 0 Å². The van der Waals surface area contributed by atoms with Crippen molar-refractivity contribution < 1.29 is 0 Å². The number of hydrogen-bond donors (Lipinski definition) is 0. The Balaban J connectivity index is 1.41. The molecule has 0 amide bonds. The summed E-state index contributed by atoms with van der Waals surface area (Å²) in [6.45, 7) is 17.4. The maximum absolute atomic E-state index is 10.3. The molecular formula is C49H24N8. The molecule has 260 valence electrons. The summed E-state index contributed by atoms with van der Waals surface area (Å²) in [4.78, 5) is 7.37. The molecular weight excluding hydrogens is 701 g/mol. The minimum atomic E-state index is 0.456. The van der Waals surface area contributed by atoms with Crippen molar-refractivity contribution in [3.63, 3.8) is 0 Å². The van der Waals surface area contributed by atoms with Gasteiger partial charge in [0.15, 0.2) is 11.4 Å². The minimum absolute atomic E-state index is 0.456. The fourth-order valence-corrected chi connectivity index (χ4v) is 8.02. The summed E-state index contributed by atoms with van der Waals surface area (Å²) in [6.07, 6.45) is 0. The molecule has 0 N–H and O–H groups in total. The van der Waals surface area contributed by atoms with E-state index in [1.807, 2.05) is 85.8 Å². The zero-order valence-corrected chi connectivity index (χ0v) is 30.2. The van der Waals surface area contributed by atoms with Crippen LogP contribution in [0, 0.1) is 65.4 Å². The summed E-state index contributed by atoms with van der Waals surface area (Å²) in [5.74, 6) is 0. The van der Waals surface area contributed by atoms with E-state index in [1.54, 1.807) is 36.4 Å². The quantitative estimate of drug-likeness (QED) is 0.168. The molecule has 0 saturated carbocycles. The first-order valence-corrected chi connectivity index (χ1v) is 17.8. The molecule has 0 radical (unpaired) electrons. The second kappa shape index (κ2) is 13.2. The molecule has 0 saturated heterocycles. The van der Waals surface area contributed by atoms with Gasteiger partial charge in [-0.05, 0) is 143 Å². The number of hydrogen-bond acceptors (Lipinski definition) is 4. The average molecular weight is 725 g/mol. The molecule has 0 atom stereocenters. The lowest BCUT2D eigenvalue weighted by atomic mass is 9.89. The number of aromatic nitrogens is 2. The molecule has 7 aromatic carbocycles. The summed E-state index contributed by atoms with van der Waals surface area (Å²) in [6, 6.07) is 48.8. The van der Waals surface area contributed by atoms with Gasteiger partial charge in [-0.25, -0.2) is 9.69 Å². The molecule has 0 bridgehead atoms. The molecule has 0 unspecified atom stereocenters. The molecule has 2 heterocycles. The van der Waals surface area contributed by atoms with Crippen LogP contribution in [-0.4, -0.2) is 9.13 Å². The largest absolute Gasteiger partial charge is 0.309 e. The zero-order valence-electron chi connectivity index (χ0n) is 30.2. The van der Waals surface area contributed by atoms with Gasteiger partial charge < -0.3 is 9.13 Å². The summed E-state index contributed by atoms with van der Waals surface area (Å²) < 4.78 is 4.25. The van der Waals surface area contributed by atoms with Crippen LogP contribution in [0.15, 0.2) is 127 Å². The van der Waals surface area contributed by atoms with Gasteiger partial charge in [-0.3, -0.25) is 0 Å². The number of benzene rings is 7. The normalized spacial score (nSPS) is 10.8. The Bertz CT molecular complexity index is 3360. The number of nitrogens with zero attached hydrogens (tertiary/aromatic N) is 8. The first-order chi connectivity index (χ1) is 27.9. The van der Waals surface area contributed by atoms with Crippen LogP contribution in [0.1, 0.15) is 27.8 Å². The van der Waals surface area contributed by atoms with Gasteiger partial charge in [0.25, 0.3) is 0 Å². The first-order valence-electron chi connectivity index (χ1n) is 17.8. The topological polar surface area (TPSA) is 114 Å². The summed E-state index contributed by atoms with van der Waals surface area (Å²) >= 11 is 0. The van der Waals surface area contributed by atoms with Gasteiger partial charge in [0, 0.05) is 22.0 Å². The average Bonchev–Trinajstić information content (AvgIpc) is 3.76. The highest BCUT2D eigenvalue weighted by molar-refractivity contribution is 6.12. The lowest BCUT2D eigenvalue weighted by Gasteiger charge is -2.20. The van der Waals surface area contributed by atoms with E-state index in [-0.39, 0.29) is 0 Å². The Labute approximate surface area is 327 Å². The van der Waals surface area contributed by atoms with E-state index in [0.29, 0.717) is 33.6 Å². The molecule has 0 aliphatic rings. The highest BCUT2D eigenvalue weighted by Gasteiger charge is 2.22. The Hall–Kier alpha value is -8.92. The van der Waals surface area contributed by atoms with Gasteiger partial charge in [-0.15, -0.1) is 0 Å². The standard InChI is InChI=1S/C49H24N8/c1-29-18-30(25-50)4-11-37(29)38-12-10-36(56-45-13-5-32(27-52)20-41(45)43-22-34(54-2)8-16-46(43)56)24-39(38)40-19-31(26-51)6-14-47(40)57-48-15-7-33(28-53)21-42(48)44-23-35(55-3)9-17-49(44)57/h4-24H,1H3. The fourth-order valence-electron chi connectivity index (χ4n) is 8.02. The van der Waals surface area contributed by atoms with Crippen molar-refractivity contribution in [2.45, 2.75) is 6.92 Å². The predicted molar refractivity (Wildman–Crippen MR) is 222 cm³/mol. The molecule has 2 aromatic heterocycles. The molecule has 57 heavy (non-hydrogen) atoms. The van der Waals surface area contributed by atoms with Gasteiger partial charge in [0.05, 0.1) is 87.4 Å². The fraction of sp³-hybridized carbons (Fsp3) is 0.0204. The van der Waals surface area contributed by atoms with Gasteiger partial charge >= 0.3 is 0 Å². The van der Waals surface area contributed by atoms with E-state index < -0.39 is 0 Å². The second-order valence-corrected chi connectivity index (χ2v) is 13.7. The monoisotopic (exact) mass is 724 g/mol. The summed E-state index contributed by atoms with van der Waals surface area (Å²) in [7, 11) is 0. The van der Waals surface area contributed by atoms with Crippen molar-refractivity contribution in [2.75, 3.05) is 0 Å². The van der Waals surface area contributed by atoms with Crippen LogP contribution < -0.4 is 0 Å². The highest BCUT2D eigenvalue weighted by Crippen LogP contribution is 2.44. The zero-order chi connectivity index (χ0) is 39.4. The van der Waals surface area contributed by atoms with E-state index in [9.17, 15) is 21.0 Å². The Morgan fingerprint density at radius 3 is 1.42 bits per heavy atom. The second-order valence-electron chi connectivity index (χ2n) is 13.7. The number of aryl methyl sites for hydroxylation is 1. The maximum atomic E-state index is 10.3. The smallest absolute Gasteiger partial charge is 0.188 e. The lowest BCUT2D eigenvalue weighted by molar-refractivity contribution is 1.17. The van der Waals surface area contributed by atoms with Crippen LogP contribution in [0.5, 0.6) is 0 Å². The van der Waals surface area contributed by atoms with Gasteiger partial charge in [-0.2, -0.15) is 21.0 Å². The third kappa shape index (κ3) is 5.32. The van der Waals surface area contributed by atoms with Gasteiger partial charge in [-0.1, -0.05) is 24.3 Å². The van der Waals surface area contributed by atoms with Crippen molar-refractivity contribution in [3.05, 3.63) is 178 Å². The molecule has 0 fully saturated rings. The van der Waals surface area contributed by atoms with Crippen molar-refractivity contribution in [3.8, 4) is 57.9 Å². The Kier molecular flexibility index (Phi) is 7.84. The molecule has 9 rings (SSSR count). The molecule has 0 aliphatic heterocycles. The van der Waals surface area contributed by atoms with Crippen molar-refractivity contribution in [2.24, 2.45) is 0 Å². The molecule has 9 aromatic rings. The van der Waals surface area contributed by atoms with E-state index >= 15 is 0 Å². The number of nitriles is 4. The van der Waals surface area contributed by atoms with Gasteiger partial charge in [0.2, 0.25) is 0 Å². The van der Waals surface area contributed by atoms with Crippen LogP contribution in [-0.2, 0) is 0 Å². The molecule has 0 aliphatic carbocycles. The van der Waals surface area contributed by atoms with Gasteiger partial charge in [0.1, 0.15) is 0 Å². The van der Waals surface area contributed by atoms with Crippen molar-refractivity contribution in [1.29, 1.82) is 21.0 Å². The van der Waals surface area contributed by atoms with Crippen LogP contribution in [0.3, 0.4) is 0 Å². The Morgan fingerprint density at radius 1 is 0.421 bits per heavy atom. The molecule has 8 heteroatoms. The van der Waals surface area contributed by atoms with E-state index in [1.165, 1.54) is 0 Å². The van der Waals surface area contributed by atoms with E-state index in [4.69, 9.17) is 13.1 Å². The van der Waals surface area contributed by atoms with Crippen LogP contribution in [0.4, 0.5) is 11.4 Å².